The number of fused-ring (bicyclic) bond motifs is 3. The van der Waals surface area contributed by atoms with E-state index >= 15 is 0 Å². The highest BCUT2D eigenvalue weighted by atomic mass is 32.2. The molecule has 0 saturated heterocycles. The van der Waals surface area contributed by atoms with Crippen molar-refractivity contribution in [3.8, 4) is 11.5 Å². The molecule has 0 spiro atoms. The first-order chi connectivity index (χ1) is 18.3. The number of hydrogen-bond acceptors (Lipinski definition) is 9. The summed E-state index contributed by atoms with van der Waals surface area (Å²) in [4.78, 5) is 11.0. The minimum absolute atomic E-state index is 0.0207. The lowest BCUT2D eigenvalue weighted by molar-refractivity contribution is 0.170. The molecular formula is C24H24FN5O7S. The summed E-state index contributed by atoms with van der Waals surface area (Å²) in [5, 5.41) is 11.3. The molecule has 0 saturated carbocycles. The Balaban J connectivity index is 1.47. The molecule has 2 aromatic carbocycles. The Morgan fingerprint density at radius 1 is 1.26 bits per heavy atom. The molecule has 0 unspecified atom stereocenters. The van der Waals surface area contributed by atoms with Crippen LogP contribution in [0.2, 0.25) is 0 Å². The van der Waals surface area contributed by atoms with E-state index in [2.05, 4.69) is 25.0 Å². The predicted octanol–water partition coefficient (Wildman–Crippen LogP) is 3.20. The van der Waals surface area contributed by atoms with E-state index in [0.29, 0.717) is 36.3 Å². The van der Waals surface area contributed by atoms with E-state index in [1.54, 1.807) is 23.1 Å². The molecule has 0 bridgehead atoms. The number of carbonyl (C=O) groups is 1. The molecule has 0 radical (unpaired) electrons. The van der Waals surface area contributed by atoms with Gasteiger partial charge >= 0.3 is 6.09 Å². The van der Waals surface area contributed by atoms with Gasteiger partial charge in [-0.15, -0.1) is 0 Å². The summed E-state index contributed by atoms with van der Waals surface area (Å²) in [6.45, 7) is 1.07. The summed E-state index contributed by atoms with van der Waals surface area (Å²) < 4.78 is 65.4. The van der Waals surface area contributed by atoms with Gasteiger partial charge in [0, 0.05) is 23.9 Å². The van der Waals surface area contributed by atoms with Crippen LogP contribution in [0, 0.1) is 5.82 Å². The number of methoxy groups -OCH3 is 2. The Labute approximate surface area is 216 Å². The number of anilines is 1. The van der Waals surface area contributed by atoms with Crippen molar-refractivity contribution in [2.75, 3.05) is 25.5 Å². The fourth-order valence-corrected chi connectivity index (χ4v) is 5.47. The quantitative estimate of drug-likeness (QED) is 0.341. The molecule has 12 nitrogen and oxygen atoms in total. The molecule has 200 valence electrons. The van der Waals surface area contributed by atoms with Crippen molar-refractivity contribution in [3.63, 3.8) is 0 Å². The average molecular weight is 546 g/mol. The average Bonchev–Trinajstić information content (AvgIpc) is 3.53. The zero-order valence-corrected chi connectivity index (χ0v) is 21.3. The predicted molar refractivity (Wildman–Crippen MR) is 132 cm³/mol. The number of nitrogens with one attached hydrogen (secondary N) is 2. The van der Waals surface area contributed by atoms with E-state index in [1.807, 2.05) is 0 Å². The van der Waals surface area contributed by atoms with Crippen molar-refractivity contribution in [1.29, 1.82) is 0 Å². The third-order valence-electron chi connectivity index (χ3n) is 6.02. The van der Waals surface area contributed by atoms with E-state index in [1.165, 1.54) is 20.3 Å². The second kappa shape index (κ2) is 10.2. The summed E-state index contributed by atoms with van der Waals surface area (Å²) >= 11 is 0. The van der Waals surface area contributed by atoms with Gasteiger partial charge in [-0.3, -0.25) is 9.40 Å². The maximum absolute atomic E-state index is 13.9. The van der Waals surface area contributed by atoms with Crippen LogP contribution in [0.15, 0.2) is 46.1 Å². The first-order valence-electron chi connectivity index (χ1n) is 11.6. The van der Waals surface area contributed by atoms with Crippen LogP contribution in [0.3, 0.4) is 0 Å². The summed E-state index contributed by atoms with van der Waals surface area (Å²) in [7, 11) is -1.70. The van der Waals surface area contributed by atoms with Crippen molar-refractivity contribution < 1.29 is 36.3 Å². The van der Waals surface area contributed by atoms with Gasteiger partial charge in [-0.05, 0) is 42.7 Å². The van der Waals surface area contributed by atoms with Crippen LogP contribution in [-0.4, -0.2) is 50.3 Å². The highest BCUT2D eigenvalue weighted by Gasteiger charge is 2.28. The smallest absolute Gasteiger partial charge is 0.407 e. The van der Waals surface area contributed by atoms with Crippen molar-refractivity contribution in [2.24, 2.45) is 0 Å². The van der Waals surface area contributed by atoms with Crippen LogP contribution in [-0.2, 0) is 34.3 Å². The lowest BCUT2D eigenvalue weighted by atomic mass is 9.97. The van der Waals surface area contributed by atoms with Crippen molar-refractivity contribution >= 4 is 32.9 Å². The second-order valence-corrected chi connectivity index (χ2v) is 10.1. The van der Waals surface area contributed by atoms with E-state index in [-0.39, 0.29) is 23.0 Å². The molecule has 3 heterocycles. The minimum atomic E-state index is -4.28. The van der Waals surface area contributed by atoms with Crippen molar-refractivity contribution in [1.82, 2.24) is 20.3 Å². The SMILES string of the molecule is COC(=O)NCc1cnn(Cc2cc3onc(NS(=O)(=O)c4cc(F)ccc4OC)c3c3c2CCCO3)c1. The molecule has 0 fully saturated rings. The van der Waals surface area contributed by atoms with Gasteiger partial charge in [0.15, 0.2) is 11.4 Å². The molecule has 4 aromatic rings. The third kappa shape index (κ3) is 4.94. The number of alkyl carbamates (subject to hydrolysis) is 1. The lowest BCUT2D eigenvalue weighted by Crippen LogP contribution is -2.21. The number of aromatic nitrogens is 3. The number of halogens is 1. The van der Waals surface area contributed by atoms with E-state index in [0.717, 1.165) is 35.2 Å². The van der Waals surface area contributed by atoms with Crippen LogP contribution in [0.5, 0.6) is 11.5 Å². The second-order valence-electron chi connectivity index (χ2n) is 8.49. The number of nitrogens with zero attached hydrogens (tertiary/aromatic N) is 3. The van der Waals surface area contributed by atoms with Gasteiger partial charge in [0.2, 0.25) is 0 Å². The van der Waals surface area contributed by atoms with Crippen LogP contribution < -0.4 is 19.5 Å². The number of ether oxygens (including phenoxy) is 3. The number of hydrogen-bond donors (Lipinski definition) is 2. The monoisotopic (exact) mass is 545 g/mol. The fourth-order valence-electron chi connectivity index (χ4n) is 4.28. The molecule has 1 aliphatic rings. The molecule has 1 aliphatic heterocycles. The molecule has 5 rings (SSSR count). The highest BCUT2D eigenvalue weighted by Crippen LogP contribution is 2.41. The summed E-state index contributed by atoms with van der Waals surface area (Å²) in [6.07, 6.45) is 4.35. The number of rotatable bonds is 8. The number of sulfonamides is 1. The standard InChI is InChI=1S/C24H24FN5O7S/c1-34-18-6-5-16(25)9-20(18)38(32,33)29-23-21-19(37-28-23)8-15(17-4-3-7-36-22(17)21)13-30-12-14(11-27-30)10-26-24(31)35-2/h5-6,8-9,11-12H,3-4,7,10,13H2,1-2H3,(H,26,31)(H,28,29). The summed E-state index contributed by atoms with van der Waals surface area (Å²) in [6, 6.07) is 4.97. The van der Waals surface area contributed by atoms with E-state index in [4.69, 9.17) is 14.0 Å². The third-order valence-corrected chi connectivity index (χ3v) is 7.38. The van der Waals surface area contributed by atoms with E-state index in [9.17, 15) is 17.6 Å². The number of benzene rings is 2. The Kier molecular flexibility index (Phi) is 6.80. The maximum atomic E-state index is 13.9. The Morgan fingerprint density at radius 3 is 2.89 bits per heavy atom. The van der Waals surface area contributed by atoms with Gasteiger partial charge in [-0.2, -0.15) is 5.10 Å². The first kappa shape index (κ1) is 25.3. The van der Waals surface area contributed by atoms with Gasteiger partial charge in [0.25, 0.3) is 10.0 Å². The zero-order chi connectivity index (χ0) is 26.9. The van der Waals surface area contributed by atoms with Gasteiger partial charge in [0.1, 0.15) is 27.6 Å². The minimum Gasteiger partial charge on any atom is -0.495 e. The Hall–Kier alpha value is -4.33. The van der Waals surface area contributed by atoms with Gasteiger partial charge in [-0.25, -0.2) is 17.6 Å². The maximum Gasteiger partial charge on any atom is 0.407 e. The molecule has 14 heteroatoms. The normalized spacial score (nSPS) is 13.0. The number of amides is 1. The first-order valence-corrected chi connectivity index (χ1v) is 13.0. The van der Waals surface area contributed by atoms with Crippen LogP contribution in [0.4, 0.5) is 15.0 Å². The van der Waals surface area contributed by atoms with Crippen LogP contribution in [0.1, 0.15) is 23.1 Å². The van der Waals surface area contributed by atoms with Crippen molar-refractivity contribution in [3.05, 3.63) is 59.2 Å². The Morgan fingerprint density at radius 2 is 2.11 bits per heavy atom. The van der Waals surface area contributed by atoms with Crippen LogP contribution >= 0.6 is 0 Å². The lowest BCUT2D eigenvalue weighted by Gasteiger charge is -2.21. The van der Waals surface area contributed by atoms with Gasteiger partial charge in [0.05, 0.1) is 33.6 Å². The Bertz CT molecular complexity index is 1620. The largest absolute Gasteiger partial charge is 0.495 e. The molecule has 2 aromatic heterocycles. The molecule has 38 heavy (non-hydrogen) atoms. The fraction of sp³-hybridized carbons (Fsp3) is 0.292. The topological polar surface area (TPSA) is 147 Å². The van der Waals surface area contributed by atoms with Crippen LogP contribution in [0.25, 0.3) is 11.0 Å². The molecular weight excluding hydrogens is 521 g/mol. The molecule has 1 amide bonds. The highest BCUT2D eigenvalue weighted by molar-refractivity contribution is 7.92. The van der Waals surface area contributed by atoms with E-state index < -0.39 is 21.9 Å². The van der Waals surface area contributed by atoms with Crippen molar-refractivity contribution in [2.45, 2.75) is 30.8 Å². The summed E-state index contributed by atoms with van der Waals surface area (Å²) in [5.74, 6) is -0.364. The molecule has 2 N–H and O–H groups in total. The molecule has 0 atom stereocenters. The van der Waals surface area contributed by atoms with Gasteiger partial charge < -0.3 is 24.1 Å². The zero-order valence-electron chi connectivity index (χ0n) is 20.5. The molecule has 0 aliphatic carbocycles. The van der Waals surface area contributed by atoms with Gasteiger partial charge in [-0.1, -0.05) is 5.16 Å². The number of carbonyl (C=O) groups excluding carboxylic acids is 1. The summed E-state index contributed by atoms with van der Waals surface area (Å²) in [5.41, 5.74) is 2.83.